The highest BCUT2D eigenvalue weighted by Gasteiger charge is 2.09. The molecule has 2 N–H and O–H groups in total. The number of aromatic amines is 1. The number of fused-ring (bicyclic) bond motifs is 1. The molecular formula is C15H20N2O. The molecule has 2 rings (SSSR count). The number of hydrogen-bond acceptors (Lipinski definition) is 1. The summed E-state index contributed by atoms with van der Waals surface area (Å²) in [6, 6.07) is 7.75. The molecule has 96 valence electrons. The van der Waals surface area contributed by atoms with E-state index in [2.05, 4.69) is 24.1 Å². The lowest BCUT2D eigenvalue weighted by molar-refractivity contribution is 0.0946. The molecule has 0 aliphatic carbocycles. The highest BCUT2D eigenvalue weighted by atomic mass is 16.1. The Morgan fingerprint density at radius 2 is 2.06 bits per heavy atom. The predicted molar refractivity (Wildman–Crippen MR) is 74.7 cm³/mol. The maximum absolute atomic E-state index is 12.0. The van der Waals surface area contributed by atoms with Gasteiger partial charge in [0.1, 0.15) is 0 Å². The van der Waals surface area contributed by atoms with Gasteiger partial charge in [-0.05, 0) is 29.5 Å². The van der Waals surface area contributed by atoms with Crippen LogP contribution in [0.5, 0.6) is 0 Å². The zero-order valence-electron chi connectivity index (χ0n) is 11.0. The number of hydrogen-bond donors (Lipinski definition) is 2. The lowest BCUT2D eigenvalue weighted by Gasteiger charge is -2.13. The normalized spacial score (nSPS) is 11.1. The summed E-state index contributed by atoms with van der Waals surface area (Å²) in [6.45, 7) is 5.07. The Bertz CT molecular complexity index is 526. The number of benzene rings is 1. The summed E-state index contributed by atoms with van der Waals surface area (Å²) in [6.07, 6.45) is 4.09. The van der Waals surface area contributed by atoms with Gasteiger partial charge in [0.05, 0.1) is 0 Å². The number of nitrogens with one attached hydrogen (secondary N) is 2. The molecular weight excluding hydrogens is 224 g/mol. The average molecular weight is 244 g/mol. The fourth-order valence-corrected chi connectivity index (χ4v) is 2.11. The molecule has 0 aliphatic heterocycles. The molecule has 1 aromatic carbocycles. The van der Waals surface area contributed by atoms with Crippen molar-refractivity contribution in [1.82, 2.24) is 10.3 Å². The maximum Gasteiger partial charge on any atom is 0.251 e. The summed E-state index contributed by atoms with van der Waals surface area (Å²) in [4.78, 5) is 15.1. The molecule has 0 bridgehead atoms. The van der Waals surface area contributed by atoms with Crippen molar-refractivity contribution in [2.75, 3.05) is 6.54 Å². The number of amides is 1. The van der Waals surface area contributed by atoms with Gasteiger partial charge in [0, 0.05) is 23.8 Å². The minimum atomic E-state index is 0.0124. The summed E-state index contributed by atoms with van der Waals surface area (Å²) < 4.78 is 0. The van der Waals surface area contributed by atoms with Gasteiger partial charge < -0.3 is 10.3 Å². The lowest BCUT2D eigenvalue weighted by Crippen LogP contribution is -2.28. The maximum atomic E-state index is 12.0. The van der Waals surface area contributed by atoms with Crippen LogP contribution < -0.4 is 5.32 Å². The molecule has 0 saturated heterocycles. The van der Waals surface area contributed by atoms with Crippen LogP contribution >= 0.6 is 0 Å². The Hall–Kier alpha value is -1.77. The smallest absolute Gasteiger partial charge is 0.251 e. The molecule has 0 unspecified atom stereocenters. The highest BCUT2D eigenvalue weighted by Crippen LogP contribution is 2.14. The Morgan fingerprint density at radius 3 is 2.78 bits per heavy atom. The van der Waals surface area contributed by atoms with Crippen LogP contribution in [0.15, 0.2) is 30.5 Å². The molecule has 0 saturated carbocycles. The fourth-order valence-electron chi connectivity index (χ4n) is 2.11. The van der Waals surface area contributed by atoms with E-state index in [4.69, 9.17) is 0 Å². The van der Waals surface area contributed by atoms with Crippen LogP contribution in [-0.4, -0.2) is 17.4 Å². The zero-order chi connectivity index (χ0) is 13.0. The first kappa shape index (κ1) is 12.7. The molecule has 0 spiro atoms. The third-order valence-electron chi connectivity index (χ3n) is 3.52. The topological polar surface area (TPSA) is 44.9 Å². The number of carbonyl (C=O) groups is 1. The van der Waals surface area contributed by atoms with E-state index in [0.717, 1.165) is 35.9 Å². The Morgan fingerprint density at radius 1 is 1.28 bits per heavy atom. The van der Waals surface area contributed by atoms with Gasteiger partial charge >= 0.3 is 0 Å². The van der Waals surface area contributed by atoms with E-state index in [1.54, 1.807) is 0 Å². The zero-order valence-corrected chi connectivity index (χ0v) is 11.0. The molecule has 3 heteroatoms. The summed E-state index contributed by atoms with van der Waals surface area (Å²) in [5.74, 6) is 0.585. The largest absolute Gasteiger partial charge is 0.361 e. The second kappa shape index (κ2) is 5.71. The van der Waals surface area contributed by atoms with Gasteiger partial charge in [-0.1, -0.05) is 32.8 Å². The van der Waals surface area contributed by atoms with Gasteiger partial charge in [0.15, 0.2) is 0 Å². The van der Waals surface area contributed by atoms with E-state index in [0.29, 0.717) is 5.92 Å². The first-order valence-corrected chi connectivity index (χ1v) is 6.60. The van der Waals surface area contributed by atoms with Crippen LogP contribution in [0, 0.1) is 5.92 Å². The van der Waals surface area contributed by atoms with E-state index in [9.17, 15) is 4.79 Å². The molecule has 0 atom stereocenters. The summed E-state index contributed by atoms with van der Waals surface area (Å²) in [7, 11) is 0. The van der Waals surface area contributed by atoms with Crippen LogP contribution in [0.1, 0.15) is 37.0 Å². The quantitative estimate of drug-likeness (QED) is 0.832. The van der Waals surface area contributed by atoms with Crippen molar-refractivity contribution in [2.24, 2.45) is 5.92 Å². The minimum absolute atomic E-state index is 0.0124. The molecule has 1 heterocycles. The van der Waals surface area contributed by atoms with E-state index in [1.807, 2.05) is 30.5 Å². The van der Waals surface area contributed by atoms with Crippen LogP contribution in [-0.2, 0) is 0 Å². The van der Waals surface area contributed by atoms with Crippen molar-refractivity contribution in [3.8, 4) is 0 Å². The van der Waals surface area contributed by atoms with Gasteiger partial charge in [0.2, 0.25) is 0 Å². The van der Waals surface area contributed by atoms with Gasteiger partial charge in [-0.2, -0.15) is 0 Å². The van der Waals surface area contributed by atoms with Gasteiger partial charge in [-0.3, -0.25) is 4.79 Å². The number of carbonyl (C=O) groups excluding carboxylic acids is 1. The van der Waals surface area contributed by atoms with Crippen molar-refractivity contribution >= 4 is 16.8 Å². The van der Waals surface area contributed by atoms with Crippen LogP contribution in [0.25, 0.3) is 10.9 Å². The Labute approximate surface area is 108 Å². The highest BCUT2D eigenvalue weighted by molar-refractivity contribution is 5.97. The second-order valence-corrected chi connectivity index (χ2v) is 4.67. The van der Waals surface area contributed by atoms with Gasteiger partial charge in [-0.25, -0.2) is 0 Å². The first-order valence-electron chi connectivity index (χ1n) is 6.60. The van der Waals surface area contributed by atoms with Crippen molar-refractivity contribution < 1.29 is 4.79 Å². The van der Waals surface area contributed by atoms with E-state index >= 15 is 0 Å². The summed E-state index contributed by atoms with van der Waals surface area (Å²) >= 11 is 0. The standard InChI is InChI=1S/C15H20N2O/c1-3-11(4-2)10-17-15(18)13-6-5-12-7-8-16-14(12)9-13/h5-9,11,16H,3-4,10H2,1-2H3,(H,17,18). The average Bonchev–Trinajstić information content (AvgIpc) is 2.86. The van der Waals surface area contributed by atoms with E-state index in [1.165, 1.54) is 0 Å². The molecule has 2 aromatic rings. The predicted octanol–water partition coefficient (Wildman–Crippen LogP) is 3.33. The molecule has 1 amide bonds. The Balaban J connectivity index is 2.04. The summed E-state index contributed by atoms with van der Waals surface area (Å²) in [5.41, 5.74) is 1.72. The third-order valence-corrected chi connectivity index (χ3v) is 3.52. The van der Waals surface area contributed by atoms with Crippen molar-refractivity contribution in [1.29, 1.82) is 0 Å². The van der Waals surface area contributed by atoms with Crippen LogP contribution in [0.4, 0.5) is 0 Å². The fraction of sp³-hybridized carbons (Fsp3) is 0.400. The van der Waals surface area contributed by atoms with Crippen molar-refractivity contribution in [3.05, 3.63) is 36.0 Å². The van der Waals surface area contributed by atoms with Crippen LogP contribution in [0.3, 0.4) is 0 Å². The second-order valence-electron chi connectivity index (χ2n) is 4.67. The number of H-pyrrole nitrogens is 1. The molecule has 0 radical (unpaired) electrons. The summed E-state index contributed by atoms with van der Waals surface area (Å²) in [5, 5.41) is 4.14. The number of rotatable bonds is 5. The van der Waals surface area contributed by atoms with Crippen molar-refractivity contribution in [2.45, 2.75) is 26.7 Å². The molecule has 1 aromatic heterocycles. The van der Waals surface area contributed by atoms with E-state index < -0.39 is 0 Å². The van der Waals surface area contributed by atoms with Crippen LogP contribution in [0.2, 0.25) is 0 Å². The molecule has 0 aliphatic rings. The lowest BCUT2D eigenvalue weighted by atomic mass is 10.0. The molecule has 0 fully saturated rings. The third kappa shape index (κ3) is 2.73. The molecule has 3 nitrogen and oxygen atoms in total. The van der Waals surface area contributed by atoms with E-state index in [-0.39, 0.29) is 5.91 Å². The first-order chi connectivity index (χ1) is 8.74. The van der Waals surface area contributed by atoms with Crippen molar-refractivity contribution in [3.63, 3.8) is 0 Å². The number of aromatic nitrogens is 1. The molecule has 18 heavy (non-hydrogen) atoms. The Kier molecular flexibility index (Phi) is 4.03. The van der Waals surface area contributed by atoms with Gasteiger partial charge in [0.25, 0.3) is 5.91 Å². The minimum Gasteiger partial charge on any atom is -0.361 e. The SMILES string of the molecule is CCC(CC)CNC(=O)c1ccc2cc[nH]c2c1. The van der Waals surface area contributed by atoms with Gasteiger partial charge in [-0.15, -0.1) is 0 Å². The monoisotopic (exact) mass is 244 g/mol.